The van der Waals surface area contributed by atoms with Crippen molar-refractivity contribution < 1.29 is 9.90 Å². The van der Waals surface area contributed by atoms with Crippen LogP contribution in [0.15, 0.2) is 30.6 Å². The lowest BCUT2D eigenvalue weighted by Gasteiger charge is -2.12. The minimum Gasteiger partial charge on any atom is -0.481 e. The molecular formula is C14H18N2O2. The van der Waals surface area contributed by atoms with Gasteiger partial charge in [-0.25, -0.2) is 4.98 Å². The van der Waals surface area contributed by atoms with E-state index in [0.29, 0.717) is 18.8 Å². The second-order valence-electron chi connectivity index (χ2n) is 5.07. The molecule has 4 nitrogen and oxygen atoms in total. The molecule has 2 aromatic heterocycles. The molecule has 1 N–H and O–H groups in total. The highest BCUT2D eigenvalue weighted by molar-refractivity contribution is 5.70. The zero-order valence-electron chi connectivity index (χ0n) is 10.7. The van der Waals surface area contributed by atoms with Crippen LogP contribution in [0.4, 0.5) is 0 Å². The lowest BCUT2D eigenvalue weighted by atomic mass is 9.93. The number of rotatable bonds is 5. The topological polar surface area (TPSA) is 54.6 Å². The van der Waals surface area contributed by atoms with Crippen LogP contribution in [0.25, 0.3) is 5.65 Å². The molecule has 1 atom stereocenters. The van der Waals surface area contributed by atoms with Crippen molar-refractivity contribution in [2.45, 2.75) is 26.7 Å². The molecule has 2 heterocycles. The molecule has 0 fully saturated rings. The van der Waals surface area contributed by atoms with E-state index in [-0.39, 0.29) is 5.92 Å². The van der Waals surface area contributed by atoms with Gasteiger partial charge in [-0.1, -0.05) is 19.9 Å². The average molecular weight is 246 g/mol. The molecule has 0 aliphatic heterocycles. The molecule has 0 amide bonds. The molecule has 0 aromatic carbocycles. The summed E-state index contributed by atoms with van der Waals surface area (Å²) in [6.07, 6.45) is 5.01. The highest BCUT2D eigenvalue weighted by Gasteiger charge is 2.20. The van der Waals surface area contributed by atoms with Crippen molar-refractivity contribution in [3.63, 3.8) is 0 Å². The monoisotopic (exact) mass is 246 g/mol. The molecule has 96 valence electrons. The zero-order valence-corrected chi connectivity index (χ0v) is 10.7. The molecule has 0 saturated carbocycles. The Balaban J connectivity index is 2.17. The van der Waals surface area contributed by atoms with Crippen LogP contribution in [0, 0.1) is 11.8 Å². The maximum absolute atomic E-state index is 11.2. The minimum atomic E-state index is -0.735. The van der Waals surface area contributed by atoms with Gasteiger partial charge in [0.1, 0.15) is 5.65 Å². The number of nitrogens with zero attached hydrogens (tertiary/aromatic N) is 2. The zero-order chi connectivity index (χ0) is 13.1. The van der Waals surface area contributed by atoms with Crippen molar-refractivity contribution in [1.82, 2.24) is 9.38 Å². The fourth-order valence-corrected chi connectivity index (χ4v) is 2.18. The van der Waals surface area contributed by atoms with Crippen molar-refractivity contribution >= 4 is 11.6 Å². The first-order valence-corrected chi connectivity index (χ1v) is 6.21. The summed E-state index contributed by atoms with van der Waals surface area (Å²) in [5.41, 5.74) is 1.70. The highest BCUT2D eigenvalue weighted by Crippen LogP contribution is 2.17. The Bertz CT molecular complexity index is 512. The average Bonchev–Trinajstić information content (AvgIpc) is 2.69. The third kappa shape index (κ3) is 2.88. The molecule has 0 radical (unpaired) electrons. The largest absolute Gasteiger partial charge is 0.481 e. The normalized spacial score (nSPS) is 13.1. The first kappa shape index (κ1) is 12.6. The number of fused-ring (bicyclic) bond motifs is 1. The lowest BCUT2D eigenvalue weighted by molar-refractivity contribution is -0.142. The number of hydrogen-bond donors (Lipinski definition) is 1. The van der Waals surface area contributed by atoms with E-state index in [1.165, 1.54) is 0 Å². The van der Waals surface area contributed by atoms with Crippen LogP contribution in [-0.2, 0) is 11.2 Å². The Labute approximate surface area is 106 Å². The SMILES string of the molecule is CC(C)CC(Cc1cn2ccccc2n1)C(=O)O. The van der Waals surface area contributed by atoms with E-state index in [1.54, 1.807) is 0 Å². The molecule has 2 rings (SSSR count). The fraction of sp³-hybridized carbons (Fsp3) is 0.429. The maximum Gasteiger partial charge on any atom is 0.306 e. The van der Waals surface area contributed by atoms with Crippen molar-refractivity contribution in [3.05, 3.63) is 36.3 Å². The van der Waals surface area contributed by atoms with Crippen molar-refractivity contribution in [1.29, 1.82) is 0 Å². The van der Waals surface area contributed by atoms with E-state index < -0.39 is 5.97 Å². The summed E-state index contributed by atoms with van der Waals surface area (Å²) >= 11 is 0. The van der Waals surface area contributed by atoms with Gasteiger partial charge >= 0.3 is 5.97 Å². The van der Waals surface area contributed by atoms with Crippen molar-refractivity contribution in [3.8, 4) is 0 Å². The van der Waals surface area contributed by atoms with Gasteiger partial charge < -0.3 is 9.51 Å². The molecule has 0 aliphatic rings. The predicted octanol–water partition coefficient (Wildman–Crippen LogP) is 2.62. The number of aromatic nitrogens is 2. The third-order valence-electron chi connectivity index (χ3n) is 2.97. The van der Waals surface area contributed by atoms with Crippen molar-refractivity contribution in [2.24, 2.45) is 11.8 Å². The van der Waals surface area contributed by atoms with Gasteiger partial charge in [-0.05, 0) is 24.5 Å². The van der Waals surface area contributed by atoms with Gasteiger partial charge in [-0.15, -0.1) is 0 Å². The van der Waals surface area contributed by atoms with Crippen LogP contribution >= 0.6 is 0 Å². The van der Waals surface area contributed by atoms with Gasteiger partial charge in [-0.3, -0.25) is 4.79 Å². The van der Waals surface area contributed by atoms with E-state index in [0.717, 1.165) is 11.3 Å². The number of carboxylic acid groups (broad SMARTS) is 1. The smallest absolute Gasteiger partial charge is 0.306 e. The molecular weight excluding hydrogens is 228 g/mol. The first-order chi connectivity index (χ1) is 8.56. The third-order valence-corrected chi connectivity index (χ3v) is 2.97. The summed E-state index contributed by atoms with van der Waals surface area (Å²) in [5.74, 6) is -0.709. The highest BCUT2D eigenvalue weighted by atomic mass is 16.4. The number of carboxylic acids is 1. The molecule has 1 unspecified atom stereocenters. The summed E-state index contributed by atoms with van der Waals surface area (Å²) in [7, 11) is 0. The predicted molar refractivity (Wildman–Crippen MR) is 69.5 cm³/mol. The minimum absolute atomic E-state index is 0.352. The molecule has 18 heavy (non-hydrogen) atoms. The molecule has 0 saturated heterocycles. The van der Waals surface area contributed by atoms with Crippen LogP contribution in [0.3, 0.4) is 0 Å². The summed E-state index contributed by atoms with van der Waals surface area (Å²) in [5, 5.41) is 9.22. The Morgan fingerprint density at radius 3 is 2.83 bits per heavy atom. The second-order valence-corrected chi connectivity index (χ2v) is 5.07. The van der Waals surface area contributed by atoms with E-state index in [4.69, 9.17) is 0 Å². The fourth-order valence-electron chi connectivity index (χ4n) is 2.18. The molecule has 0 aliphatic carbocycles. The first-order valence-electron chi connectivity index (χ1n) is 6.21. The van der Waals surface area contributed by atoms with Crippen LogP contribution in [0.1, 0.15) is 26.0 Å². The Morgan fingerprint density at radius 1 is 1.44 bits per heavy atom. The van der Waals surface area contributed by atoms with Crippen molar-refractivity contribution in [2.75, 3.05) is 0 Å². The van der Waals surface area contributed by atoms with Gasteiger partial charge in [0.05, 0.1) is 11.6 Å². The summed E-state index contributed by atoms with van der Waals surface area (Å²) in [6, 6.07) is 5.78. The quantitative estimate of drug-likeness (QED) is 0.882. The second kappa shape index (κ2) is 5.21. The molecule has 0 bridgehead atoms. The van der Waals surface area contributed by atoms with E-state index >= 15 is 0 Å². The van der Waals surface area contributed by atoms with E-state index in [1.807, 2.05) is 48.8 Å². The standard InChI is InChI=1S/C14H18N2O2/c1-10(2)7-11(14(17)18)8-12-9-16-6-4-3-5-13(16)15-12/h3-6,9-11H,7-8H2,1-2H3,(H,17,18). The van der Waals surface area contributed by atoms with E-state index in [2.05, 4.69) is 4.98 Å². The van der Waals surface area contributed by atoms with Crippen LogP contribution in [0.2, 0.25) is 0 Å². The number of carbonyl (C=O) groups is 1. The van der Waals surface area contributed by atoms with Gasteiger partial charge in [0.2, 0.25) is 0 Å². The van der Waals surface area contributed by atoms with Crippen LogP contribution in [-0.4, -0.2) is 20.5 Å². The Hall–Kier alpha value is -1.84. The number of aliphatic carboxylic acids is 1. The molecule has 4 heteroatoms. The number of pyridine rings is 1. The van der Waals surface area contributed by atoms with Gasteiger partial charge in [0, 0.05) is 18.8 Å². The van der Waals surface area contributed by atoms with Gasteiger partial charge in [0.25, 0.3) is 0 Å². The maximum atomic E-state index is 11.2. The number of hydrogen-bond acceptors (Lipinski definition) is 2. The van der Waals surface area contributed by atoms with Crippen LogP contribution in [0.5, 0.6) is 0 Å². The number of imidazole rings is 1. The van der Waals surface area contributed by atoms with Gasteiger partial charge in [-0.2, -0.15) is 0 Å². The summed E-state index contributed by atoms with van der Waals surface area (Å²) < 4.78 is 1.92. The summed E-state index contributed by atoms with van der Waals surface area (Å²) in [6.45, 7) is 4.08. The lowest BCUT2D eigenvalue weighted by Crippen LogP contribution is -2.18. The van der Waals surface area contributed by atoms with Crippen LogP contribution < -0.4 is 0 Å². The summed E-state index contributed by atoms with van der Waals surface area (Å²) in [4.78, 5) is 15.7. The Kier molecular flexibility index (Phi) is 3.65. The Morgan fingerprint density at radius 2 is 2.22 bits per heavy atom. The van der Waals surface area contributed by atoms with E-state index in [9.17, 15) is 9.90 Å². The van der Waals surface area contributed by atoms with Gasteiger partial charge in [0.15, 0.2) is 0 Å². The molecule has 0 spiro atoms. The molecule has 2 aromatic rings.